The average molecular weight is 396 g/mol. The molecule has 0 aliphatic heterocycles. The predicted octanol–water partition coefficient (Wildman–Crippen LogP) is 7.73. The standard InChI is InChI=1S/C19H42N.C6H6O.H3N/c1-5-6-7-8-9-10-11-12-13-14-15-16-17-18-19-20(2,3)4;7-6-4-2-1-3-5-6;/h5-19H2,1-4H3;1-5,7H;1H3/q+1;;. The van der Waals surface area contributed by atoms with Crippen LogP contribution in [0.15, 0.2) is 30.3 Å². The van der Waals surface area contributed by atoms with Gasteiger partial charge in [-0.05, 0) is 25.0 Å². The van der Waals surface area contributed by atoms with E-state index in [1.165, 1.54) is 96.4 Å². The first kappa shape index (κ1) is 29.1. The number of rotatable bonds is 15. The van der Waals surface area contributed by atoms with Gasteiger partial charge in [-0.15, -0.1) is 0 Å². The van der Waals surface area contributed by atoms with E-state index in [1.807, 2.05) is 6.07 Å². The van der Waals surface area contributed by atoms with Crippen LogP contribution in [-0.2, 0) is 0 Å². The van der Waals surface area contributed by atoms with Gasteiger partial charge in [0.1, 0.15) is 5.75 Å². The molecule has 0 saturated carbocycles. The Bertz CT molecular complexity index is 401. The van der Waals surface area contributed by atoms with Gasteiger partial charge in [0.25, 0.3) is 0 Å². The SMILES string of the molecule is CCCCCCCCCCCCCCCC[N+](C)(C)C.N.Oc1ccccc1. The third-order valence-corrected chi connectivity index (χ3v) is 4.94. The van der Waals surface area contributed by atoms with Crippen molar-refractivity contribution in [2.45, 2.75) is 96.8 Å². The average Bonchev–Trinajstić information content (AvgIpc) is 2.62. The third kappa shape index (κ3) is 24.9. The van der Waals surface area contributed by atoms with Crippen molar-refractivity contribution >= 4 is 0 Å². The molecule has 0 heterocycles. The zero-order valence-corrected chi connectivity index (χ0v) is 19.6. The molecule has 0 radical (unpaired) electrons. The maximum Gasteiger partial charge on any atom is 0.115 e. The lowest BCUT2D eigenvalue weighted by Crippen LogP contribution is -2.35. The minimum absolute atomic E-state index is 0. The Morgan fingerprint density at radius 1 is 0.607 bits per heavy atom. The van der Waals surface area contributed by atoms with Gasteiger partial charge in [0.2, 0.25) is 0 Å². The highest BCUT2D eigenvalue weighted by Gasteiger charge is 2.04. The van der Waals surface area contributed by atoms with Crippen molar-refractivity contribution in [3.63, 3.8) is 0 Å². The molecule has 0 amide bonds. The van der Waals surface area contributed by atoms with E-state index in [0.29, 0.717) is 5.75 Å². The normalized spacial score (nSPS) is 10.7. The van der Waals surface area contributed by atoms with Crippen LogP contribution in [0.25, 0.3) is 0 Å². The van der Waals surface area contributed by atoms with Crippen LogP contribution in [-0.4, -0.2) is 37.3 Å². The number of nitrogens with zero attached hydrogens (tertiary/aromatic N) is 1. The number of phenolic OH excluding ortho intramolecular Hbond substituents is 1. The van der Waals surface area contributed by atoms with Crippen LogP contribution >= 0.6 is 0 Å². The summed E-state index contributed by atoms with van der Waals surface area (Å²) in [5.74, 6) is 0.322. The minimum atomic E-state index is 0. The summed E-state index contributed by atoms with van der Waals surface area (Å²) in [6, 6.07) is 8.71. The number of hydrogen-bond acceptors (Lipinski definition) is 2. The molecule has 0 atom stereocenters. The van der Waals surface area contributed by atoms with E-state index in [4.69, 9.17) is 5.11 Å². The summed E-state index contributed by atoms with van der Waals surface area (Å²) >= 11 is 0. The van der Waals surface area contributed by atoms with Crippen LogP contribution in [0.2, 0.25) is 0 Å². The fourth-order valence-corrected chi connectivity index (χ4v) is 3.21. The molecule has 3 nitrogen and oxygen atoms in total. The summed E-state index contributed by atoms with van der Waals surface area (Å²) in [6.45, 7) is 3.63. The second-order valence-corrected chi connectivity index (χ2v) is 8.95. The van der Waals surface area contributed by atoms with E-state index in [0.717, 1.165) is 4.48 Å². The Labute approximate surface area is 176 Å². The predicted molar refractivity (Wildman–Crippen MR) is 126 cm³/mol. The molecule has 0 aliphatic rings. The lowest BCUT2D eigenvalue weighted by Gasteiger charge is -2.23. The molecule has 3 heteroatoms. The quantitative estimate of drug-likeness (QED) is 0.236. The van der Waals surface area contributed by atoms with E-state index in [1.54, 1.807) is 24.3 Å². The van der Waals surface area contributed by atoms with E-state index in [9.17, 15) is 0 Å². The molecule has 1 aromatic carbocycles. The number of unbranched alkanes of at least 4 members (excludes halogenated alkanes) is 13. The van der Waals surface area contributed by atoms with Gasteiger partial charge >= 0.3 is 0 Å². The fraction of sp³-hybridized carbons (Fsp3) is 0.760. The maximum atomic E-state index is 8.63. The van der Waals surface area contributed by atoms with E-state index < -0.39 is 0 Å². The second-order valence-electron chi connectivity index (χ2n) is 8.95. The maximum absolute atomic E-state index is 8.63. The molecule has 1 rings (SSSR count). The highest BCUT2D eigenvalue weighted by Crippen LogP contribution is 2.13. The van der Waals surface area contributed by atoms with Crippen molar-refractivity contribution in [2.75, 3.05) is 27.7 Å². The van der Waals surface area contributed by atoms with E-state index in [-0.39, 0.29) is 6.15 Å². The molecule has 0 bridgehead atoms. The number of hydrogen-bond donors (Lipinski definition) is 2. The Morgan fingerprint density at radius 3 is 1.25 bits per heavy atom. The smallest absolute Gasteiger partial charge is 0.115 e. The lowest BCUT2D eigenvalue weighted by molar-refractivity contribution is -0.870. The third-order valence-electron chi connectivity index (χ3n) is 4.94. The van der Waals surface area contributed by atoms with Crippen LogP contribution < -0.4 is 6.15 Å². The Kier molecular flexibility index (Phi) is 21.5. The fourth-order valence-electron chi connectivity index (χ4n) is 3.21. The van der Waals surface area contributed by atoms with Crippen molar-refractivity contribution in [1.29, 1.82) is 0 Å². The molecule has 4 N–H and O–H groups in total. The summed E-state index contributed by atoms with van der Waals surface area (Å²) in [5, 5.41) is 8.63. The molecule has 1 aromatic rings. The summed E-state index contributed by atoms with van der Waals surface area (Å²) in [6.07, 6.45) is 20.4. The molecule has 0 aliphatic carbocycles. The van der Waals surface area contributed by atoms with Gasteiger partial charge in [-0.1, -0.05) is 102 Å². The highest BCUT2D eigenvalue weighted by atomic mass is 16.3. The largest absolute Gasteiger partial charge is 0.508 e. The number of quaternary nitrogens is 1. The molecule has 0 aromatic heterocycles. The van der Waals surface area contributed by atoms with Gasteiger partial charge in [-0.3, -0.25) is 0 Å². The highest BCUT2D eigenvalue weighted by molar-refractivity contribution is 5.18. The summed E-state index contributed by atoms with van der Waals surface area (Å²) in [7, 11) is 6.88. The van der Waals surface area contributed by atoms with Crippen molar-refractivity contribution < 1.29 is 9.59 Å². The van der Waals surface area contributed by atoms with E-state index >= 15 is 0 Å². The Balaban J connectivity index is 0. The molecule has 0 spiro atoms. The topological polar surface area (TPSA) is 55.2 Å². The van der Waals surface area contributed by atoms with Crippen molar-refractivity contribution in [2.24, 2.45) is 0 Å². The molecule has 166 valence electrons. The number of phenols is 1. The lowest BCUT2D eigenvalue weighted by atomic mass is 10.0. The van der Waals surface area contributed by atoms with Crippen molar-refractivity contribution in [3.05, 3.63) is 30.3 Å². The van der Waals surface area contributed by atoms with Crippen molar-refractivity contribution in [3.8, 4) is 5.75 Å². The molecular formula is C25H51N2O+. The second kappa shape index (κ2) is 20.7. The molecule has 28 heavy (non-hydrogen) atoms. The van der Waals surface area contributed by atoms with Crippen molar-refractivity contribution in [1.82, 2.24) is 6.15 Å². The molecule has 0 fully saturated rings. The first-order valence-corrected chi connectivity index (χ1v) is 11.5. The zero-order valence-electron chi connectivity index (χ0n) is 19.6. The molecule has 0 saturated heterocycles. The van der Waals surface area contributed by atoms with Crippen LogP contribution in [0.5, 0.6) is 5.75 Å². The van der Waals surface area contributed by atoms with Gasteiger partial charge in [0.05, 0.1) is 27.7 Å². The number of para-hydroxylation sites is 1. The molecule has 0 unspecified atom stereocenters. The first-order valence-electron chi connectivity index (χ1n) is 11.5. The number of aromatic hydroxyl groups is 1. The molecular weight excluding hydrogens is 344 g/mol. The summed E-state index contributed by atoms with van der Waals surface area (Å²) in [5.41, 5.74) is 0. The van der Waals surface area contributed by atoms with Crippen LogP contribution in [0.3, 0.4) is 0 Å². The van der Waals surface area contributed by atoms with Gasteiger partial charge in [-0.25, -0.2) is 0 Å². The summed E-state index contributed by atoms with van der Waals surface area (Å²) < 4.78 is 1.12. The number of benzene rings is 1. The minimum Gasteiger partial charge on any atom is -0.508 e. The Morgan fingerprint density at radius 2 is 0.964 bits per heavy atom. The summed E-state index contributed by atoms with van der Waals surface area (Å²) in [4.78, 5) is 0. The van der Waals surface area contributed by atoms with Gasteiger partial charge in [0.15, 0.2) is 0 Å². The van der Waals surface area contributed by atoms with Gasteiger partial charge in [-0.2, -0.15) is 0 Å². The van der Waals surface area contributed by atoms with Crippen LogP contribution in [0.4, 0.5) is 0 Å². The van der Waals surface area contributed by atoms with Crippen LogP contribution in [0.1, 0.15) is 96.8 Å². The van der Waals surface area contributed by atoms with E-state index in [2.05, 4.69) is 28.1 Å². The Hall–Kier alpha value is -1.06. The monoisotopic (exact) mass is 395 g/mol. The van der Waals surface area contributed by atoms with Crippen LogP contribution in [0, 0.1) is 0 Å². The first-order chi connectivity index (χ1) is 13.0. The van der Waals surface area contributed by atoms with Gasteiger partial charge < -0.3 is 15.7 Å². The van der Waals surface area contributed by atoms with Gasteiger partial charge in [0, 0.05) is 0 Å². The zero-order chi connectivity index (χ0) is 20.2.